The van der Waals surface area contributed by atoms with Gasteiger partial charge in [-0.2, -0.15) is 0 Å². The number of unbranched alkanes of at least 4 members (excludes halogenated alkanes) is 3. The van der Waals surface area contributed by atoms with E-state index in [1.807, 2.05) is 12.1 Å². The van der Waals surface area contributed by atoms with Crippen LogP contribution in [0, 0.1) is 11.7 Å². The molecule has 0 bridgehead atoms. The molecule has 3 rings (SSSR count). The summed E-state index contributed by atoms with van der Waals surface area (Å²) in [6, 6.07) is 12.2. The second-order valence-corrected chi connectivity index (χ2v) is 8.77. The summed E-state index contributed by atoms with van der Waals surface area (Å²) in [5.74, 6) is -2.52. The maximum absolute atomic E-state index is 14.1. The average Bonchev–Trinajstić information content (AvgIpc) is 2.71. The third-order valence-electron chi connectivity index (χ3n) is 6.47. The van der Waals surface area contributed by atoms with E-state index >= 15 is 0 Å². The molecule has 2 aromatic rings. The monoisotopic (exact) mass is 402 g/mol. The van der Waals surface area contributed by atoms with Crippen LogP contribution >= 0.6 is 0 Å². The summed E-state index contributed by atoms with van der Waals surface area (Å²) in [6.45, 7) is 2.98. The molecule has 0 aliphatic heterocycles. The van der Waals surface area contributed by atoms with Gasteiger partial charge < -0.3 is 0 Å². The van der Waals surface area contributed by atoms with Crippen LogP contribution in [-0.2, 0) is 5.92 Å². The van der Waals surface area contributed by atoms with Crippen LogP contribution < -0.4 is 0 Å². The van der Waals surface area contributed by atoms with Gasteiger partial charge in [0.25, 0.3) is 5.92 Å². The lowest BCUT2D eigenvalue weighted by Gasteiger charge is -2.29. The molecule has 0 amide bonds. The normalized spacial score (nSPS) is 20.0. The quantitative estimate of drug-likeness (QED) is 0.387. The number of hydrogen-bond donors (Lipinski definition) is 0. The fraction of sp³-hybridized carbons (Fsp3) is 0.538. The highest BCUT2D eigenvalue weighted by Crippen LogP contribution is 2.38. The average molecular weight is 403 g/mol. The van der Waals surface area contributed by atoms with Crippen LogP contribution in [0.15, 0.2) is 42.5 Å². The van der Waals surface area contributed by atoms with Crippen LogP contribution in [-0.4, -0.2) is 0 Å². The molecular formula is C26H33F3. The van der Waals surface area contributed by atoms with Crippen LogP contribution in [0.4, 0.5) is 13.2 Å². The second-order valence-electron chi connectivity index (χ2n) is 8.77. The summed E-state index contributed by atoms with van der Waals surface area (Å²) in [7, 11) is 0. The zero-order valence-electron chi connectivity index (χ0n) is 17.7. The molecule has 1 fully saturated rings. The molecule has 1 saturated carbocycles. The SMILES string of the molecule is CCCCCCC1CCC(c2ccc(-c3ccc(C(C)(F)F)c(F)c3)cc2)CC1. The molecule has 0 atom stereocenters. The summed E-state index contributed by atoms with van der Waals surface area (Å²) in [4.78, 5) is 0. The molecule has 0 nitrogen and oxygen atoms in total. The predicted molar refractivity (Wildman–Crippen MR) is 115 cm³/mol. The van der Waals surface area contributed by atoms with E-state index in [0.717, 1.165) is 18.4 Å². The van der Waals surface area contributed by atoms with E-state index in [9.17, 15) is 13.2 Å². The number of benzene rings is 2. The molecule has 0 spiro atoms. The molecule has 0 heterocycles. The Labute approximate surface area is 173 Å². The molecule has 158 valence electrons. The maximum Gasteiger partial charge on any atom is 0.273 e. The van der Waals surface area contributed by atoms with Gasteiger partial charge in [-0.3, -0.25) is 0 Å². The Morgan fingerprint density at radius 2 is 1.52 bits per heavy atom. The van der Waals surface area contributed by atoms with E-state index < -0.39 is 17.3 Å². The van der Waals surface area contributed by atoms with Gasteiger partial charge in [-0.05, 0) is 66.3 Å². The zero-order valence-corrected chi connectivity index (χ0v) is 17.7. The summed E-state index contributed by atoms with van der Waals surface area (Å²) in [6.07, 6.45) is 11.9. The highest BCUT2D eigenvalue weighted by molar-refractivity contribution is 5.64. The van der Waals surface area contributed by atoms with Gasteiger partial charge in [0, 0.05) is 6.92 Å². The predicted octanol–water partition coefficient (Wildman–Crippen LogP) is 8.85. The molecule has 0 saturated heterocycles. The van der Waals surface area contributed by atoms with Crippen LogP contribution in [0.5, 0.6) is 0 Å². The van der Waals surface area contributed by atoms with Crippen molar-refractivity contribution in [2.24, 2.45) is 5.92 Å². The van der Waals surface area contributed by atoms with E-state index in [2.05, 4.69) is 19.1 Å². The first-order valence-electron chi connectivity index (χ1n) is 11.2. The van der Waals surface area contributed by atoms with Crippen molar-refractivity contribution in [2.75, 3.05) is 0 Å². The van der Waals surface area contributed by atoms with Crippen LogP contribution in [0.2, 0.25) is 0 Å². The minimum atomic E-state index is -3.17. The lowest BCUT2D eigenvalue weighted by molar-refractivity contribution is 0.0138. The number of hydrogen-bond acceptors (Lipinski definition) is 0. The molecule has 0 unspecified atom stereocenters. The van der Waals surface area contributed by atoms with E-state index in [-0.39, 0.29) is 0 Å². The molecule has 0 aromatic heterocycles. The fourth-order valence-corrected chi connectivity index (χ4v) is 4.64. The van der Waals surface area contributed by atoms with Gasteiger partial charge in [0.15, 0.2) is 0 Å². The highest BCUT2D eigenvalue weighted by atomic mass is 19.3. The van der Waals surface area contributed by atoms with E-state index in [4.69, 9.17) is 0 Å². The molecule has 3 heteroatoms. The standard InChI is InChI=1S/C26H33F3/c1-3-4-5-6-7-19-8-10-20(11-9-19)21-12-14-22(15-13-21)23-16-17-24(25(27)18-23)26(2,28)29/h12-20H,3-11H2,1-2H3. The van der Waals surface area contributed by atoms with Crippen molar-refractivity contribution >= 4 is 0 Å². The largest absolute Gasteiger partial charge is 0.273 e. The maximum atomic E-state index is 14.1. The number of rotatable bonds is 8. The lowest BCUT2D eigenvalue weighted by atomic mass is 9.77. The fourth-order valence-electron chi connectivity index (χ4n) is 4.64. The van der Waals surface area contributed by atoms with Crippen molar-refractivity contribution in [2.45, 2.75) is 83.5 Å². The third-order valence-corrected chi connectivity index (χ3v) is 6.47. The molecule has 1 aliphatic rings. The Balaban J connectivity index is 1.58. The Morgan fingerprint density at radius 3 is 2.10 bits per heavy atom. The first kappa shape index (κ1) is 21.9. The zero-order chi connectivity index (χ0) is 20.9. The molecule has 2 aromatic carbocycles. The Morgan fingerprint density at radius 1 is 0.862 bits per heavy atom. The molecular weight excluding hydrogens is 369 g/mol. The van der Waals surface area contributed by atoms with Crippen molar-refractivity contribution in [3.63, 3.8) is 0 Å². The highest BCUT2D eigenvalue weighted by Gasteiger charge is 2.28. The topological polar surface area (TPSA) is 0 Å². The first-order valence-corrected chi connectivity index (χ1v) is 11.2. The van der Waals surface area contributed by atoms with Gasteiger partial charge in [-0.15, -0.1) is 0 Å². The third kappa shape index (κ3) is 5.87. The van der Waals surface area contributed by atoms with Crippen molar-refractivity contribution < 1.29 is 13.2 Å². The van der Waals surface area contributed by atoms with Gasteiger partial charge >= 0.3 is 0 Å². The minimum Gasteiger partial charge on any atom is -0.206 e. The Bertz CT molecular complexity index is 766. The van der Waals surface area contributed by atoms with E-state index in [1.165, 1.54) is 75.5 Å². The summed E-state index contributed by atoms with van der Waals surface area (Å²) >= 11 is 0. The van der Waals surface area contributed by atoms with Crippen LogP contribution in [0.3, 0.4) is 0 Å². The first-order chi connectivity index (χ1) is 13.9. The van der Waals surface area contributed by atoms with Crippen LogP contribution in [0.1, 0.15) is 88.7 Å². The van der Waals surface area contributed by atoms with Gasteiger partial charge in [-0.1, -0.05) is 69.4 Å². The van der Waals surface area contributed by atoms with Crippen molar-refractivity contribution in [1.29, 1.82) is 0 Å². The molecule has 0 N–H and O–H groups in total. The number of alkyl halides is 2. The van der Waals surface area contributed by atoms with Crippen molar-refractivity contribution in [3.05, 3.63) is 59.4 Å². The lowest BCUT2D eigenvalue weighted by Crippen LogP contribution is -2.13. The van der Waals surface area contributed by atoms with E-state index in [1.54, 1.807) is 6.07 Å². The summed E-state index contributed by atoms with van der Waals surface area (Å²) < 4.78 is 40.9. The Kier molecular flexibility index (Phi) is 7.43. The van der Waals surface area contributed by atoms with Crippen molar-refractivity contribution in [3.8, 4) is 11.1 Å². The molecule has 0 radical (unpaired) electrons. The number of halogens is 3. The minimum absolute atomic E-state index is 0.552. The van der Waals surface area contributed by atoms with Crippen molar-refractivity contribution in [1.82, 2.24) is 0 Å². The summed E-state index contributed by atoms with van der Waals surface area (Å²) in [5, 5.41) is 0. The van der Waals surface area contributed by atoms with E-state index in [0.29, 0.717) is 11.5 Å². The molecule has 1 aliphatic carbocycles. The van der Waals surface area contributed by atoms with Gasteiger partial charge in [0.05, 0.1) is 5.56 Å². The van der Waals surface area contributed by atoms with Gasteiger partial charge in [-0.25, -0.2) is 13.2 Å². The smallest absolute Gasteiger partial charge is 0.206 e. The molecule has 29 heavy (non-hydrogen) atoms. The second kappa shape index (κ2) is 9.82. The Hall–Kier alpha value is -1.77. The van der Waals surface area contributed by atoms with Gasteiger partial charge in [0.2, 0.25) is 0 Å². The van der Waals surface area contributed by atoms with Crippen LogP contribution in [0.25, 0.3) is 11.1 Å². The summed E-state index contributed by atoms with van der Waals surface area (Å²) in [5.41, 5.74) is 2.29. The van der Waals surface area contributed by atoms with Gasteiger partial charge in [0.1, 0.15) is 5.82 Å².